The lowest BCUT2D eigenvalue weighted by Crippen LogP contribution is -2.46. The van der Waals surface area contributed by atoms with Crippen LogP contribution in [0.25, 0.3) is 0 Å². The number of nitrogens with zero attached hydrogens (tertiary/aromatic N) is 2. The van der Waals surface area contributed by atoms with Gasteiger partial charge in [0, 0.05) is 5.38 Å². The summed E-state index contributed by atoms with van der Waals surface area (Å²) in [5, 5.41) is 2.90. The van der Waals surface area contributed by atoms with Crippen LogP contribution < -0.4 is 0 Å². The Kier molecular flexibility index (Phi) is 2.79. The largest absolute Gasteiger partial charge is 0.300 e. The highest BCUT2D eigenvalue weighted by atomic mass is 32.2. The molecule has 1 aromatic rings. The van der Waals surface area contributed by atoms with Gasteiger partial charge in [0.1, 0.15) is 19.6 Å². The molecule has 0 radical (unpaired) electrons. The monoisotopic (exact) mass is 263 g/mol. The lowest BCUT2D eigenvalue weighted by atomic mass is 10.2. The Hall–Kier alpha value is -0.743. The van der Waals surface area contributed by atoms with E-state index in [2.05, 4.69) is 64.3 Å². The van der Waals surface area contributed by atoms with Crippen molar-refractivity contribution in [3.8, 4) is 0 Å². The van der Waals surface area contributed by atoms with Crippen LogP contribution in [0.3, 0.4) is 0 Å². The number of hydrogen-bond acceptors (Lipinski definition) is 2. The van der Waals surface area contributed by atoms with E-state index in [0.29, 0.717) is 0 Å². The van der Waals surface area contributed by atoms with Gasteiger partial charge in [-0.05, 0) is 30.4 Å². The molecule has 0 atom stereocenters. The zero-order valence-electron chi connectivity index (χ0n) is 10.5. The molecule has 90 valence electrons. The van der Waals surface area contributed by atoms with Crippen LogP contribution in [0.5, 0.6) is 0 Å². The van der Waals surface area contributed by atoms with Crippen molar-refractivity contribution in [2.45, 2.75) is 19.6 Å². The molecule has 0 unspecified atom stereocenters. The lowest BCUT2D eigenvalue weighted by Gasteiger charge is -2.18. The quantitative estimate of drug-likeness (QED) is 0.597. The molecule has 0 bridgehead atoms. The van der Waals surface area contributed by atoms with Crippen LogP contribution in [-0.4, -0.2) is 41.0 Å². The summed E-state index contributed by atoms with van der Waals surface area (Å²) in [7, 11) is -1.11. The van der Waals surface area contributed by atoms with Crippen molar-refractivity contribution in [1.82, 2.24) is 4.57 Å². The molecule has 3 rings (SSSR count). The number of amidine groups is 1. The van der Waals surface area contributed by atoms with Crippen molar-refractivity contribution < 1.29 is 4.58 Å². The molecule has 2 aliphatic rings. The zero-order valence-corrected chi connectivity index (χ0v) is 12.3. The second-order valence-corrected chi connectivity index (χ2v) is 11.4. The van der Waals surface area contributed by atoms with Crippen molar-refractivity contribution in [3.05, 3.63) is 35.9 Å². The van der Waals surface area contributed by atoms with Crippen LogP contribution in [0.1, 0.15) is 5.56 Å². The third-order valence-corrected chi connectivity index (χ3v) is 9.80. The van der Waals surface area contributed by atoms with E-state index in [4.69, 9.17) is 0 Å². The van der Waals surface area contributed by atoms with E-state index in [1.165, 1.54) is 24.0 Å². The van der Waals surface area contributed by atoms with Gasteiger partial charge in [0.25, 0.3) is 13.4 Å². The Bertz CT molecular complexity index is 456. The third kappa shape index (κ3) is 2.04. The molecule has 2 heterocycles. The molecule has 0 N–H and O–H groups in total. The molecule has 2 aliphatic heterocycles. The van der Waals surface area contributed by atoms with Gasteiger partial charge >= 0.3 is 0 Å². The van der Waals surface area contributed by atoms with Gasteiger partial charge in [0.2, 0.25) is 0 Å². The van der Waals surface area contributed by atoms with E-state index in [9.17, 15) is 0 Å². The first kappa shape index (κ1) is 11.4. The van der Waals surface area contributed by atoms with Crippen LogP contribution in [0.2, 0.25) is 13.1 Å². The van der Waals surface area contributed by atoms with Gasteiger partial charge in [-0.25, -0.2) is 4.58 Å². The maximum Gasteiger partial charge on any atom is 0.294 e. The Morgan fingerprint density at radius 1 is 1.29 bits per heavy atom. The van der Waals surface area contributed by atoms with Gasteiger partial charge in [-0.2, -0.15) is 0 Å². The first-order chi connectivity index (χ1) is 8.17. The fourth-order valence-electron chi connectivity index (χ4n) is 2.58. The maximum atomic E-state index is 2.71. The third-order valence-electron chi connectivity index (χ3n) is 3.60. The number of hydrogen-bond donors (Lipinski definition) is 0. The fraction of sp³-hybridized carbons (Fsp3) is 0.462. The molecule has 17 heavy (non-hydrogen) atoms. The van der Waals surface area contributed by atoms with Gasteiger partial charge in [-0.1, -0.05) is 30.3 Å². The van der Waals surface area contributed by atoms with Crippen LogP contribution in [0.15, 0.2) is 30.3 Å². The molecule has 0 spiro atoms. The Labute approximate surface area is 108 Å². The first-order valence-corrected chi connectivity index (χ1v) is 10.4. The highest BCUT2D eigenvalue weighted by Crippen LogP contribution is 2.32. The molecule has 4 heteroatoms. The van der Waals surface area contributed by atoms with E-state index in [-0.39, 0.29) is 0 Å². The summed E-state index contributed by atoms with van der Waals surface area (Å²) in [6.45, 7) is 8.49. The highest BCUT2D eigenvalue weighted by Gasteiger charge is 2.50. The van der Waals surface area contributed by atoms with Crippen LogP contribution in [0, 0.1) is 0 Å². The van der Waals surface area contributed by atoms with E-state index in [0.717, 1.165) is 6.54 Å². The van der Waals surface area contributed by atoms with Gasteiger partial charge in [0.05, 0.1) is 0 Å². The average Bonchev–Trinajstić information content (AvgIpc) is 2.84. The lowest BCUT2D eigenvalue weighted by molar-refractivity contribution is -0.531. The highest BCUT2D eigenvalue weighted by molar-refractivity contribution is 8.15. The minimum absolute atomic E-state index is 1.07. The zero-order chi connectivity index (χ0) is 11.9. The maximum absolute atomic E-state index is 2.71. The fourth-order valence-corrected chi connectivity index (χ4v) is 8.02. The number of fused-ring (bicyclic) bond motifs is 1. The molecule has 2 nitrogen and oxygen atoms in total. The van der Waals surface area contributed by atoms with Crippen LogP contribution >= 0.6 is 11.8 Å². The molecular weight excluding hydrogens is 244 g/mol. The second kappa shape index (κ2) is 4.17. The average molecular weight is 263 g/mol. The molecular formula is C13H19N2SSi+. The van der Waals surface area contributed by atoms with Crippen LogP contribution in [-0.2, 0) is 6.54 Å². The molecule has 0 aromatic heterocycles. The summed E-state index contributed by atoms with van der Waals surface area (Å²) in [4.78, 5) is 0. The Morgan fingerprint density at radius 3 is 2.82 bits per heavy atom. The second-order valence-electron chi connectivity index (χ2n) is 5.44. The minimum Gasteiger partial charge on any atom is -0.300 e. The molecule has 0 amide bonds. The summed E-state index contributed by atoms with van der Waals surface area (Å²) in [5.74, 6) is 0. The molecule has 1 aromatic carbocycles. The number of rotatable bonds is 2. The molecule has 1 fully saturated rings. The molecule has 0 aliphatic carbocycles. The first-order valence-electron chi connectivity index (χ1n) is 6.23. The van der Waals surface area contributed by atoms with Gasteiger partial charge in [0.15, 0.2) is 0 Å². The Morgan fingerprint density at radius 2 is 2.06 bits per heavy atom. The topological polar surface area (TPSA) is 6.25 Å². The predicted octanol–water partition coefficient (Wildman–Crippen LogP) is 2.36. The normalized spacial score (nSPS) is 22.1. The SMILES string of the molecule is C[Si]1(C)CSC2=[N+](Cc3ccccc3)CCN21. The van der Waals surface area contributed by atoms with Gasteiger partial charge in [-0.3, -0.25) is 0 Å². The molecule has 1 saturated heterocycles. The standard InChI is InChI=1S/C13H19N2SSi/c1-17(2)11-16-13-14(8-9-15(13)17)10-12-6-4-3-5-7-12/h3-7H,8-11H2,1-2H3/q+1. The van der Waals surface area contributed by atoms with E-state index >= 15 is 0 Å². The number of benzene rings is 1. The smallest absolute Gasteiger partial charge is 0.294 e. The summed E-state index contributed by atoms with van der Waals surface area (Å²) >= 11 is 2.08. The summed E-state index contributed by atoms with van der Waals surface area (Å²) in [6.07, 6.45) is 0. The summed E-state index contributed by atoms with van der Waals surface area (Å²) < 4.78 is 5.27. The van der Waals surface area contributed by atoms with Crippen molar-refractivity contribution in [1.29, 1.82) is 0 Å². The van der Waals surface area contributed by atoms with E-state index in [1.807, 2.05) is 0 Å². The van der Waals surface area contributed by atoms with Crippen molar-refractivity contribution in [2.24, 2.45) is 0 Å². The van der Waals surface area contributed by atoms with Crippen molar-refractivity contribution in [3.63, 3.8) is 0 Å². The minimum atomic E-state index is -1.11. The van der Waals surface area contributed by atoms with E-state index in [1.54, 1.807) is 5.17 Å². The van der Waals surface area contributed by atoms with Gasteiger partial charge in [-0.15, -0.1) is 0 Å². The Balaban J connectivity index is 1.84. The van der Waals surface area contributed by atoms with Crippen molar-refractivity contribution >= 4 is 25.2 Å². The van der Waals surface area contributed by atoms with Crippen molar-refractivity contribution in [2.75, 3.05) is 18.5 Å². The number of thioether (sulfide) groups is 1. The predicted molar refractivity (Wildman–Crippen MR) is 76.9 cm³/mol. The van der Waals surface area contributed by atoms with Crippen LogP contribution in [0.4, 0.5) is 0 Å². The van der Waals surface area contributed by atoms with Gasteiger partial charge < -0.3 is 4.57 Å². The summed E-state index contributed by atoms with van der Waals surface area (Å²) in [5.41, 5.74) is 1.42. The molecule has 0 saturated carbocycles. The summed E-state index contributed by atoms with van der Waals surface area (Å²) in [6, 6.07) is 10.8. The van der Waals surface area contributed by atoms with E-state index < -0.39 is 8.24 Å².